The number of pyridine rings is 3. The van der Waals surface area contributed by atoms with Crippen molar-refractivity contribution >= 4 is 44.7 Å². The van der Waals surface area contributed by atoms with Crippen LogP contribution in [0.25, 0.3) is 55.0 Å². The van der Waals surface area contributed by atoms with E-state index in [1.807, 2.05) is 54.7 Å². The van der Waals surface area contributed by atoms with E-state index in [1.165, 1.54) is 4.88 Å². The first kappa shape index (κ1) is 23.9. The fraction of sp³-hybridized carbons (Fsp3) is 0.0645. The summed E-state index contributed by atoms with van der Waals surface area (Å²) in [5.41, 5.74) is 7.56. The molecule has 0 radical (unpaired) electrons. The number of hydrogen-bond donors (Lipinski definition) is 3. The molecule has 9 heteroatoms. The van der Waals surface area contributed by atoms with Gasteiger partial charge in [0.2, 0.25) is 5.91 Å². The Morgan fingerprint density at radius 3 is 2.62 bits per heavy atom. The Labute approximate surface area is 233 Å². The zero-order valence-corrected chi connectivity index (χ0v) is 22.3. The van der Waals surface area contributed by atoms with Crippen LogP contribution in [-0.2, 0) is 11.2 Å². The van der Waals surface area contributed by atoms with E-state index in [2.05, 4.69) is 60.6 Å². The normalized spacial score (nSPS) is 11.3. The molecule has 194 valence electrons. The van der Waals surface area contributed by atoms with Gasteiger partial charge in [0.1, 0.15) is 5.69 Å². The molecule has 0 bridgehead atoms. The van der Waals surface area contributed by atoms with E-state index in [0.717, 1.165) is 60.6 Å². The molecule has 0 aliphatic rings. The van der Waals surface area contributed by atoms with E-state index in [0.29, 0.717) is 12.1 Å². The van der Waals surface area contributed by atoms with Crippen LogP contribution in [0.1, 0.15) is 10.4 Å². The van der Waals surface area contributed by atoms with Crippen molar-refractivity contribution in [1.82, 2.24) is 30.1 Å². The summed E-state index contributed by atoms with van der Waals surface area (Å²) in [5.74, 6) is -0.101. The van der Waals surface area contributed by atoms with Crippen LogP contribution in [-0.4, -0.2) is 36.0 Å². The second-order valence-electron chi connectivity index (χ2n) is 9.57. The third-order valence-electron chi connectivity index (χ3n) is 6.75. The first-order chi connectivity index (χ1) is 19.6. The monoisotopic (exact) mass is 541 g/mol. The van der Waals surface area contributed by atoms with Crippen molar-refractivity contribution < 1.29 is 4.79 Å². The molecule has 0 fully saturated rings. The molecular weight excluding hydrogens is 518 g/mol. The number of fused-ring (bicyclic) bond motifs is 2. The van der Waals surface area contributed by atoms with E-state index in [-0.39, 0.29) is 5.91 Å². The molecule has 0 saturated carbocycles. The fourth-order valence-corrected chi connectivity index (χ4v) is 5.73. The molecule has 1 aromatic carbocycles. The molecule has 0 unspecified atom stereocenters. The van der Waals surface area contributed by atoms with Gasteiger partial charge in [0.05, 0.1) is 52.0 Å². The molecule has 1 amide bonds. The van der Waals surface area contributed by atoms with Crippen molar-refractivity contribution in [3.8, 4) is 33.2 Å². The highest BCUT2D eigenvalue weighted by molar-refractivity contribution is 7.15. The molecule has 6 aromatic heterocycles. The van der Waals surface area contributed by atoms with Gasteiger partial charge in [0.25, 0.3) is 0 Å². The zero-order chi connectivity index (χ0) is 27.1. The Morgan fingerprint density at radius 2 is 1.77 bits per heavy atom. The van der Waals surface area contributed by atoms with Gasteiger partial charge >= 0.3 is 0 Å². The Kier molecular flexibility index (Phi) is 5.90. The van der Waals surface area contributed by atoms with Gasteiger partial charge < -0.3 is 10.3 Å². The van der Waals surface area contributed by atoms with Crippen LogP contribution in [0.4, 0.5) is 5.69 Å². The first-order valence-electron chi connectivity index (χ1n) is 12.8. The van der Waals surface area contributed by atoms with Crippen LogP contribution in [0.15, 0.2) is 91.5 Å². The molecular formula is C31H23N7OS. The van der Waals surface area contributed by atoms with E-state index in [1.54, 1.807) is 29.9 Å². The van der Waals surface area contributed by atoms with Gasteiger partial charge in [-0.1, -0.05) is 30.3 Å². The second kappa shape index (κ2) is 9.87. The number of carbonyl (C=O) groups excluding carboxylic acids is 1. The molecule has 0 atom stereocenters. The van der Waals surface area contributed by atoms with Gasteiger partial charge in [-0.2, -0.15) is 5.10 Å². The number of hydrogen-bond acceptors (Lipinski definition) is 6. The molecule has 40 heavy (non-hydrogen) atoms. The molecule has 0 aliphatic heterocycles. The largest absolute Gasteiger partial charge is 0.353 e. The molecule has 3 N–H and O–H groups in total. The maximum Gasteiger partial charge on any atom is 0.228 e. The summed E-state index contributed by atoms with van der Waals surface area (Å²) in [6.45, 7) is 2.10. The summed E-state index contributed by atoms with van der Waals surface area (Å²) in [6.07, 6.45) is 7.27. The van der Waals surface area contributed by atoms with Crippen molar-refractivity contribution in [3.05, 3.63) is 102 Å². The molecule has 8 nitrogen and oxygen atoms in total. The Morgan fingerprint density at radius 1 is 0.900 bits per heavy atom. The number of carbonyl (C=O) groups is 1. The van der Waals surface area contributed by atoms with Crippen molar-refractivity contribution in [3.63, 3.8) is 0 Å². The van der Waals surface area contributed by atoms with Crippen molar-refractivity contribution in [2.24, 2.45) is 0 Å². The number of aromatic nitrogens is 6. The highest BCUT2D eigenvalue weighted by Crippen LogP contribution is 2.36. The number of nitrogens with one attached hydrogen (secondary N) is 3. The van der Waals surface area contributed by atoms with E-state index in [9.17, 15) is 4.79 Å². The van der Waals surface area contributed by atoms with Gasteiger partial charge in [0, 0.05) is 39.1 Å². The lowest BCUT2D eigenvalue weighted by Gasteiger charge is -2.07. The number of rotatable bonds is 6. The number of benzene rings is 1. The van der Waals surface area contributed by atoms with Crippen molar-refractivity contribution in [2.75, 3.05) is 5.32 Å². The first-order valence-corrected chi connectivity index (χ1v) is 13.6. The van der Waals surface area contributed by atoms with Crippen LogP contribution in [0.2, 0.25) is 0 Å². The standard InChI is InChI=1S/C31H23N7OS/c1-18-7-8-28(40-18)31-22-14-26(36-24(22)9-10-33-31)30-23-13-25(34-17-27(23)37-38-30)20-12-21(16-32-15-20)35-29(39)11-19-5-3-2-4-6-19/h2-10,12-17,36H,11H2,1H3,(H,35,39)(H,37,38). The summed E-state index contributed by atoms with van der Waals surface area (Å²) >= 11 is 1.73. The Hall–Kier alpha value is -5.15. The third kappa shape index (κ3) is 4.52. The highest BCUT2D eigenvalue weighted by atomic mass is 32.1. The highest BCUT2D eigenvalue weighted by Gasteiger charge is 2.16. The lowest BCUT2D eigenvalue weighted by Crippen LogP contribution is -2.14. The predicted molar refractivity (Wildman–Crippen MR) is 159 cm³/mol. The van der Waals surface area contributed by atoms with Crippen LogP contribution in [0.3, 0.4) is 0 Å². The number of anilines is 1. The summed E-state index contributed by atoms with van der Waals surface area (Å²) in [4.78, 5) is 32.1. The molecule has 0 saturated heterocycles. The smallest absolute Gasteiger partial charge is 0.228 e. The summed E-state index contributed by atoms with van der Waals surface area (Å²) in [7, 11) is 0. The van der Waals surface area contributed by atoms with Crippen molar-refractivity contribution in [1.29, 1.82) is 0 Å². The lowest BCUT2D eigenvalue weighted by molar-refractivity contribution is -0.115. The Balaban J connectivity index is 1.21. The quantitative estimate of drug-likeness (QED) is 0.215. The summed E-state index contributed by atoms with van der Waals surface area (Å²) in [5, 5.41) is 12.6. The van der Waals surface area contributed by atoms with E-state index in [4.69, 9.17) is 0 Å². The average Bonchev–Trinajstić information content (AvgIpc) is 3.71. The number of thiophene rings is 1. The minimum atomic E-state index is -0.101. The van der Waals surface area contributed by atoms with Gasteiger partial charge in [0.15, 0.2) is 0 Å². The minimum absolute atomic E-state index is 0.101. The van der Waals surface area contributed by atoms with Crippen molar-refractivity contribution in [2.45, 2.75) is 13.3 Å². The number of aromatic amines is 2. The predicted octanol–water partition coefficient (Wildman–Crippen LogP) is 6.78. The molecule has 7 rings (SSSR count). The maximum atomic E-state index is 12.6. The number of amides is 1. The number of H-pyrrole nitrogens is 2. The lowest BCUT2D eigenvalue weighted by atomic mass is 10.1. The van der Waals surface area contributed by atoms with Gasteiger partial charge in [-0.15, -0.1) is 11.3 Å². The van der Waals surface area contributed by atoms with Crippen LogP contribution in [0.5, 0.6) is 0 Å². The van der Waals surface area contributed by atoms with Gasteiger partial charge in [-0.25, -0.2) is 0 Å². The Bertz CT molecular complexity index is 2010. The van der Waals surface area contributed by atoms with Gasteiger partial charge in [-0.3, -0.25) is 24.8 Å². The average molecular weight is 542 g/mol. The molecule has 6 heterocycles. The molecule has 0 spiro atoms. The molecule has 7 aromatic rings. The van der Waals surface area contributed by atoms with Crippen LogP contribution in [0, 0.1) is 6.92 Å². The van der Waals surface area contributed by atoms with Gasteiger partial charge in [-0.05, 0) is 48.9 Å². The van der Waals surface area contributed by atoms with Crippen LogP contribution < -0.4 is 5.32 Å². The second-order valence-corrected chi connectivity index (χ2v) is 10.9. The maximum absolute atomic E-state index is 12.6. The molecule has 0 aliphatic carbocycles. The van der Waals surface area contributed by atoms with E-state index < -0.39 is 0 Å². The SMILES string of the molecule is Cc1ccc(-c2nccc3[nH]c(-c4n[nH]c5cnc(-c6cncc(NC(=O)Cc7ccccc7)c6)cc45)cc23)s1. The van der Waals surface area contributed by atoms with E-state index >= 15 is 0 Å². The number of nitrogens with zero attached hydrogens (tertiary/aromatic N) is 4. The van der Waals surface area contributed by atoms with Crippen LogP contribution >= 0.6 is 11.3 Å². The topological polar surface area (TPSA) is 112 Å². The zero-order valence-electron chi connectivity index (χ0n) is 21.5. The minimum Gasteiger partial charge on any atom is -0.353 e. The summed E-state index contributed by atoms with van der Waals surface area (Å²) < 4.78 is 0. The third-order valence-corrected chi connectivity index (χ3v) is 7.76. The fourth-order valence-electron chi connectivity index (χ4n) is 4.85. The number of aryl methyl sites for hydroxylation is 1. The summed E-state index contributed by atoms with van der Waals surface area (Å²) in [6, 6.07) is 21.8.